The normalized spacial score (nSPS) is 18.7. The Hall–Kier alpha value is -1.49. The molecule has 1 aliphatic rings. The summed E-state index contributed by atoms with van der Waals surface area (Å²) in [4.78, 5) is 0. The van der Waals surface area contributed by atoms with Gasteiger partial charge in [-0.25, -0.2) is 0 Å². The number of benzene rings is 1. The predicted molar refractivity (Wildman–Crippen MR) is 75.4 cm³/mol. The number of anilines is 1. The minimum atomic E-state index is -0.0378. The second-order valence-corrected chi connectivity index (χ2v) is 5.32. The lowest BCUT2D eigenvalue weighted by molar-refractivity contribution is 0.439. The minimum absolute atomic E-state index is 0.0378. The summed E-state index contributed by atoms with van der Waals surface area (Å²) in [6.07, 6.45) is 7.60. The molecule has 0 amide bonds. The van der Waals surface area contributed by atoms with Crippen molar-refractivity contribution in [3.05, 3.63) is 29.8 Å². The van der Waals surface area contributed by atoms with E-state index in [1.165, 1.54) is 44.1 Å². The molecule has 1 aromatic rings. The first-order valence-corrected chi connectivity index (χ1v) is 7.03. The van der Waals surface area contributed by atoms with E-state index < -0.39 is 0 Å². The molecule has 1 aliphatic carbocycles. The van der Waals surface area contributed by atoms with Crippen molar-refractivity contribution in [2.24, 2.45) is 5.92 Å². The molecule has 1 aromatic carbocycles. The summed E-state index contributed by atoms with van der Waals surface area (Å²) in [6, 6.07) is 10.6. The Bertz CT molecular complexity index is 411. The average molecular weight is 242 g/mol. The number of nitrogens with one attached hydrogen (secondary N) is 1. The lowest BCUT2D eigenvalue weighted by Gasteiger charge is -2.23. The number of nitriles is 1. The summed E-state index contributed by atoms with van der Waals surface area (Å²) in [6.45, 7) is 2.09. The third kappa shape index (κ3) is 3.26. The second kappa shape index (κ2) is 6.44. The third-order valence-electron chi connectivity index (χ3n) is 3.97. The molecule has 0 heterocycles. The Morgan fingerprint density at radius 2 is 1.83 bits per heavy atom. The Labute approximate surface area is 110 Å². The van der Waals surface area contributed by atoms with Crippen LogP contribution < -0.4 is 5.32 Å². The Morgan fingerprint density at radius 3 is 2.44 bits per heavy atom. The van der Waals surface area contributed by atoms with Gasteiger partial charge in [-0.05, 0) is 37.3 Å². The van der Waals surface area contributed by atoms with Gasteiger partial charge in [0.15, 0.2) is 0 Å². The van der Waals surface area contributed by atoms with Crippen molar-refractivity contribution in [1.82, 2.24) is 0 Å². The minimum Gasteiger partial charge on any atom is -0.369 e. The SMILES string of the molecule is Cc1ccccc1NC(C#N)C1CCCCCC1. The van der Waals surface area contributed by atoms with E-state index >= 15 is 0 Å². The average Bonchev–Trinajstić information content (AvgIpc) is 2.67. The van der Waals surface area contributed by atoms with Crippen molar-refractivity contribution in [2.75, 3.05) is 5.32 Å². The third-order valence-corrected chi connectivity index (χ3v) is 3.97. The molecule has 1 saturated carbocycles. The fourth-order valence-corrected chi connectivity index (χ4v) is 2.80. The first kappa shape index (κ1) is 13.0. The van der Waals surface area contributed by atoms with Crippen LogP contribution in [0.5, 0.6) is 0 Å². The molecule has 0 saturated heterocycles. The monoisotopic (exact) mass is 242 g/mol. The number of aryl methyl sites for hydroxylation is 1. The molecule has 0 aliphatic heterocycles. The summed E-state index contributed by atoms with van der Waals surface area (Å²) < 4.78 is 0. The molecule has 0 aromatic heterocycles. The molecular formula is C16H22N2. The highest BCUT2D eigenvalue weighted by Crippen LogP contribution is 2.27. The van der Waals surface area contributed by atoms with Gasteiger partial charge in [0.2, 0.25) is 0 Å². The summed E-state index contributed by atoms with van der Waals surface area (Å²) in [7, 11) is 0. The molecule has 2 rings (SSSR count). The molecule has 2 nitrogen and oxygen atoms in total. The van der Waals surface area contributed by atoms with Gasteiger partial charge in [-0.3, -0.25) is 0 Å². The van der Waals surface area contributed by atoms with Crippen LogP contribution in [-0.4, -0.2) is 6.04 Å². The zero-order valence-corrected chi connectivity index (χ0v) is 11.2. The number of para-hydroxylation sites is 1. The van der Waals surface area contributed by atoms with Crippen LogP contribution in [0, 0.1) is 24.2 Å². The number of rotatable bonds is 3. The van der Waals surface area contributed by atoms with E-state index in [4.69, 9.17) is 0 Å². The zero-order valence-electron chi connectivity index (χ0n) is 11.2. The van der Waals surface area contributed by atoms with Crippen LogP contribution >= 0.6 is 0 Å². The van der Waals surface area contributed by atoms with Gasteiger partial charge in [0.1, 0.15) is 6.04 Å². The summed E-state index contributed by atoms with van der Waals surface area (Å²) >= 11 is 0. The molecule has 1 atom stereocenters. The number of nitrogens with zero attached hydrogens (tertiary/aromatic N) is 1. The van der Waals surface area contributed by atoms with E-state index in [1.54, 1.807) is 0 Å². The fraction of sp³-hybridized carbons (Fsp3) is 0.562. The molecular weight excluding hydrogens is 220 g/mol. The predicted octanol–water partition coefficient (Wildman–Crippen LogP) is 4.27. The highest BCUT2D eigenvalue weighted by Gasteiger charge is 2.22. The van der Waals surface area contributed by atoms with Crippen LogP contribution in [0.3, 0.4) is 0 Å². The molecule has 1 fully saturated rings. The summed E-state index contributed by atoms with van der Waals surface area (Å²) in [5.41, 5.74) is 2.32. The highest BCUT2D eigenvalue weighted by molar-refractivity contribution is 5.52. The van der Waals surface area contributed by atoms with E-state index in [-0.39, 0.29) is 6.04 Å². The zero-order chi connectivity index (χ0) is 12.8. The maximum atomic E-state index is 9.41. The van der Waals surface area contributed by atoms with E-state index in [0.717, 1.165) is 5.69 Å². The van der Waals surface area contributed by atoms with Gasteiger partial charge < -0.3 is 5.32 Å². The van der Waals surface area contributed by atoms with Crippen LogP contribution in [0.15, 0.2) is 24.3 Å². The fourth-order valence-electron chi connectivity index (χ4n) is 2.80. The van der Waals surface area contributed by atoms with Gasteiger partial charge >= 0.3 is 0 Å². The summed E-state index contributed by atoms with van der Waals surface area (Å²) in [5.74, 6) is 0.511. The first-order chi connectivity index (χ1) is 8.81. The maximum Gasteiger partial charge on any atom is 0.117 e. The molecule has 0 radical (unpaired) electrons. The van der Waals surface area contributed by atoms with Gasteiger partial charge in [0.05, 0.1) is 6.07 Å². The maximum absolute atomic E-state index is 9.41. The smallest absolute Gasteiger partial charge is 0.117 e. The molecule has 1 N–H and O–H groups in total. The second-order valence-electron chi connectivity index (χ2n) is 5.32. The van der Waals surface area contributed by atoms with Crippen molar-refractivity contribution < 1.29 is 0 Å². The van der Waals surface area contributed by atoms with E-state index in [2.05, 4.69) is 30.4 Å². The Morgan fingerprint density at radius 1 is 1.17 bits per heavy atom. The standard InChI is InChI=1S/C16H22N2/c1-13-8-6-7-11-15(13)18-16(12-17)14-9-4-2-3-5-10-14/h6-8,11,14,16,18H,2-5,9-10H2,1H3. The van der Waals surface area contributed by atoms with Crippen LogP contribution in [-0.2, 0) is 0 Å². The topological polar surface area (TPSA) is 35.8 Å². The first-order valence-electron chi connectivity index (χ1n) is 7.03. The van der Waals surface area contributed by atoms with Crippen molar-refractivity contribution in [3.8, 4) is 6.07 Å². The van der Waals surface area contributed by atoms with Crippen molar-refractivity contribution >= 4 is 5.69 Å². The lowest BCUT2D eigenvalue weighted by atomic mass is 9.92. The number of hydrogen-bond acceptors (Lipinski definition) is 2. The lowest BCUT2D eigenvalue weighted by Crippen LogP contribution is -2.27. The van der Waals surface area contributed by atoms with Crippen LogP contribution in [0.25, 0.3) is 0 Å². The molecule has 96 valence electrons. The van der Waals surface area contributed by atoms with Gasteiger partial charge in [-0.1, -0.05) is 43.9 Å². The molecule has 1 unspecified atom stereocenters. The molecule has 0 spiro atoms. The van der Waals surface area contributed by atoms with Crippen molar-refractivity contribution in [1.29, 1.82) is 5.26 Å². The van der Waals surface area contributed by atoms with Gasteiger partial charge in [0, 0.05) is 5.69 Å². The van der Waals surface area contributed by atoms with Gasteiger partial charge in [-0.2, -0.15) is 5.26 Å². The Kier molecular flexibility index (Phi) is 4.64. The Balaban J connectivity index is 2.05. The quantitative estimate of drug-likeness (QED) is 0.803. The largest absolute Gasteiger partial charge is 0.369 e. The van der Waals surface area contributed by atoms with Crippen molar-refractivity contribution in [3.63, 3.8) is 0 Å². The van der Waals surface area contributed by atoms with Crippen molar-refractivity contribution in [2.45, 2.75) is 51.5 Å². The highest BCUT2D eigenvalue weighted by atomic mass is 14.9. The van der Waals surface area contributed by atoms with Gasteiger partial charge in [0.25, 0.3) is 0 Å². The molecule has 0 bridgehead atoms. The van der Waals surface area contributed by atoms with E-state index in [9.17, 15) is 5.26 Å². The molecule has 18 heavy (non-hydrogen) atoms. The summed E-state index contributed by atoms with van der Waals surface area (Å²) in [5, 5.41) is 12.8. The van der Waals surface area contributed by atoms with E-state index in [0.29, 0.717) is 5.92 Å². The van der Waals surface area contributed by atoms with Crippen LogP contribution in [0.2, 0.25) is 0 Å². The van der Waals surface area contributed by atoms with Crippen LogP contribution in [0.4, 0.5) is 5.69 Å². The molecule has 2 heteroatoms. The van der Waals surface area contributed by atoms with E-state index in [1.807, 2.05) is 12.1 Å². The van der Waals surface area contributed by atoms with Gasteiger partial charge in [-0.15, -0.1) is 0 Å². The van der Waals surface area contributed by atoms with Crippen LogP contribution in [0.1, 0.15) is 44.1 Å². The number of hydrogen-bond donors (Lipinski definition) is 1.